The van der Waals surface area contributed by atoms with Gasteiger partial charge in [-0.1, -0.05) is 36.8 Å². The third-order valence-electron chi connectivity index (χ3n) is 4.84. The van der Waals surface area contributed by atoms with Crippen LogP contribution in [0.5, 0.6) is 0 Å². The molecule has 1 nitrogen and oxygen atoms in total. The Kier molecular flexibility index (Phi) is 4.55. The number of hydrogen-bond donors (Lipinski definition) is 0. The van der Waals surface area contributed by atoms with Crippen molar-refractivity contribution in [2.75, 3.05) is 19.6 Å². The fraction of sp³-hybridized carbons (Fsp3) is 0.667. The number of nitrogens with zero attached hydrogens (tertiary/aromatic N) is 1. The molecule has 1 saturated heterocycles. The van der Waals surface area contributed by atoms with Crippen molar-refractivity contribution in [3.05, 3.63) is 35.9 Å². The molecule has 19 heavy (non-hydrogen) atoms. The van der Waals surface area contributed by atoms with Gasteiger partial charge in [0.2, 0.25) is 0 Å². The molecule has 0 N–H and O–H groups in total. The summed E-state index contributed by atoms with van der Waals surface area (Å²) < 4.78 is 0. The molecule has 2 aliphatic rings. The largest absolute Gasteiger partial charge is 0.303 e. The summed E-state index contributed by atoms with van der Waals surface area (Å²) in [7, 11) is 0. The Morgan fingerprint density at radius 2 is 1.63 bits per heavy atom. The van der Waals surface area contributed by atoms with Crippen LogP contribution in [-0.4, -0.2) is 24.5 Å². The Morgan fingerprint density at radius 3 is 2.32 bits per heavy atom. The van der Waals surface area contributed by atoms with E-state index in [1.54, 1.807) is 0 Å². The highest BCUT2D eigenvalue weighted by atomic mass is 15.1. The molecular formula is C18H27N. The van der Waals surface area contributed by atoms with Gasteiger partial charge in [0.25, 0.3) is 0 Å². The molecule has 1 heterocycles. The molecule has 0 unspecified atom stereocenters. The standard InChI is InChI=1S/C18H27N/c1-2-5-16(6-3-1)7-4-8-17-11-13-19(14-12-17)15-18-9-10-18/h1-3,5-6,17-18H,4,7-15H2. The van der Waals surface area contributed by atoms with Gasteiger partial charge in [0.15, 0.2) is 0 Å². The van der Waals surface area contributed by atoms with Crippen LogP contribution >= 0.6 is 0 Å². The molecule has 1 aromatic rings. The van der Waals surface area contributed by atoms with E-state index in [0.717, 1.165) is 11.8 Å². The lowest BCUT2D eigenvalue weighted by Crippen LogP contribution is -2.35. The van der Waals surface area contributed by atoms with Gasteiger partial charge >= 0.3 is 0 Å². The van der Waals surface area contributed by atoms with Crippen LogP contribution in [0.2, 0.25) is 0 Å². The number of hydrogen-bond acceptors (Lipinski definition) is 1. The summed E-state index contributed by atoms with van der Waals surface area (Å²) in [5.74, 6) is 2.06. The Labute approximate surface area is 118 Å². The first-order valence-corrected chi connectivity index (χ1v) is 8.16. The highest BCUT2D eigenvalue weighted by Gasteiger charge is 2.26. The smallest absolute Gasteiger partial charge is 0.000966 e. The summed E-state index contributed by atoms with van der Waals surface area (Å²) in [6, 6.07) is 11.0. The van der Waals surface area contributed by atoms with E-state index >= 15 is 0 Å². The molecule has 1 saturated carbocycles. The Bertz CT molecular complexity index is 361. The first-order valence-electron chi connectivity index (χ1n) is 8.16. The van der Waals surface area contributed by atoms with E-state index in [4.69, 9.17) is 0 Å². The number of aryl methyl sites for hydroxylation is 1. The second kappa shape index (κ2) is 6.56. The van der Waals surface area contributed by atoms with Crippen molar-refractivity contribution in [3.63, 3.8) is 0 Å². The van der Waals surface area contributed by atoms with E-state index in [0.29, 0.717) is 0 Å². The first kappa shape index (κ1) is 13.2. The van der Waals surface area contributed by atoms with Crippen LogP contribution in [0.15, 0.2) is 30.3 Å². The topological polar surface area (TPSA) is 3.24 Å². The van der Waals surface area contributed by atoms with Crippen LogP contribution in [0, 0.1) is 11.8 Å². The lowest BCUT2D eigenvalue weighted by Gasteiger charge is -2.32. The van der Waals surface area contributed by atoms with Crippen molar-refractivity contribution in [2.45, 2.75) is 44.9 Å². The number of rotatable bonds is 6. The predicted molar refractivity (Wildman–Crippen MR) is 81.3 cm³/mol. The van der Waals surface area contributed by atoms with Crippen LogP contribution in [0.4, 0.5) is 0 Å². The summed E-state index contributed by atoms with van der Waals surface area (Å²) in [5.41, 5.74) is 1.51. The first-order chi connectivity index (χ1) is 9.40. The van der Waals surface area contributed by atoms with Gasteiger partial charge in [0.1, 0.15) is 0 Å². The van der Waals surface area contributed by atoms with Gasteiger partial charge in [-0.15, -0.1) is 0 Å². The highest BCUT2D eigenvalue weighted by molar-refractivity contribution is 5.14. The van der Waals surface area contributed by atoms with E-state index in [1.165, 1.54) is 70.1 Å². The minimum atomic E-state index is 0.999. The van der Waals surface area contributed by atoms with Crippen molar-refractivity contribution in [1.82, 2.24) is 4.90 Å². The minimum absolute atomic E-state index is 0.999. The second-order valence-electron chi connectivity index (χ2n) is 6.57. The zero-order valence-electron chi connectivity index (χ0n) is 12.1. The summed E-state index contributed by atoms with van der Waals surface area (Å²) in [4.78, 5) is 2.71. The van der Waals surface area contributed by atoms with Crippen LogP contribution in [-0.2, 0) is 6.42 Å². The third-order valence-corrected chi connectivity index (χ3v) is 4.84. The summed E-state index contributed by atoms with van der Waals surface area (Å²) in [5, 5.41) is 0. The molecule has 1 aliphatic carbocycles. The maximum absolute atomic E-state index is 2.71. The van der Waals surface area contributed by atoms with Gasteiger partial charge in [-0.2, -0.15) is 0 Å². The maximum atomic E-state index is 2.71. The molecule has 0 bridgehead atoms. The van der Waals surface area contributed by atoms with Gasteiger partial charge < -0.3 is 4.90 Å². The SMILES string of the molecule is c1ccc(CCCC2CCN(CC3CC3)CC2)cc1. The molecule has 2 fully saturated rings. The molecule has 0 aromatic heterocycles. The third kappa shape index (κ3) is 4.35. The Hall–Kier alpha value is -0.820. The van der Waals surface area contributed by atoms with Crippen LogP contribution in [0.25, 0.3) is 0 Å². The van der Waals surface area contributed by atoms with Crippen LogP contribution in [0.1, 0.15) is 44.1 Å². The van der Waals surface area contributed by atoms with E-state index in [-0.39, 0.29) is 0 Å². The fourth-order valence-corrected chi connectivity index (χ4v) is 3.36. The van der Waals surface area contributed by atoms with Gasteiger partial charge in [0, 0.05) is 6.54 Å². The molecule has 0 radical (unpaired) electrons. The zero-order valence-corrected chi connectivity index (χ0v) is 12.1. The van der Waals surface area contributed by atoms with E-state index in [1.807, 2.05) is 0 Å². The zero-order chi connectivity index (χ0) is 12.9. The van der Waals surface area contributed by atoms with Crippen molar-refractivity contribution in [1.29, 1.82) is 0 Å². The normalized spacial score (nSPS) is 21.7. The average Bonchev–Trinajstić information content (AvgIpc) is 3.26. The Balaban J connectivity index is 1.31. The summed E-state index contributed by atoms with van der Waals surface area (Å²) in [6.45, 7) is 4.13. The number of piperidine rings is 1. The monoisotopic (exact) mass is 257 g/mol. The number of benzene rings is 1. The maximum Gasteiger partial charge on any atom is 0.000966 e. The minimum Gasteiger partial charge on any atom is -0.303 e. The van der Waals surface area contributed by atoms with Crippen molar-refractivity contribution in [2.24, 2.45) is 11.8 Å². The van der Waals surface area contributed by atoms with Gasteiger partial charge in [-0.3, -0.25) is 0 Å². The number of likely N-dealkylation sites (tertiary alicyclic amines) is 1. The second-order valence-corrected chi connectivity index (χ2v) is 6.57. The van der Waals surface area contributed by atoms with Crippen LogP contribution in [0.3, 0.4) is 0 Å². The average molecular weight is 257 g/mol. The molecule has 0 atom stereocenters. The van der Waals surface area contributed by atoms with Crippen molar-refractivity contribution >= 4 is 0 Å². The van der Waals surface area contributed by atoms with Crippen molar-refractivity contribution < 1.29 is 0 Å². The lowest BCUT2D eigenvalue weighted by atomic mass is 9.90. The van der Waals surface area contributed by atoms with E-state index in [9.17, 15) is 0 Å². The molecule has 1 aromatic carbocycles. The molecule has 0 spiro atoms. The van der Waals surface area contributed by atoms with E-state index < -0.39 is 0 Å². The van der Waals surface area contributed by atoms with Gasteiger partial charge in [0.05, 0.1) is 0 Å². The van der Waals surface area contributed by atoms with Gasteiger partial charge in [-0.25, -0.2) is 0 Å². The molecule has 0 amide bonds. The van der Waals surface area contributed by atoms with Crippen molar-refractivity contribution in [3.8, 4) is 0 Å². The quantitative estimate of drug-likeness (QED) is 0.740. The molecule has 3 rings (SSSR count). The van der Waals surface area contributed by atoms with Crippen LogP contribution < -0.4 is 0 Å². The van der Waals surface area contributed by atoms with Gasteiger partial charge in [-0.05, 0) is 69.0 Å². The summed E-state index contributed by atoms with van der Waals surface area (Å²) >= 11 is 0. The molecule has 1 aliphatic heterocycles. The summed E-state index contributed by atoms with van der Waals surface area (Å²) in [6.07, 6.45) is 9.96. The molecule has 104 valence electrons. The highest BCUT2D eigenvalue weighted by Crippen LogP contribution is 2.31. The predicted octanol–water partition coefficient (Wildman–Crippen LogP) is 4.13. The Morgan fingerprint density at radius 1 is 0.895 bits per heavy atom. The molecule has 1 heteroatoms. The fourth-order valence-electron chi connectivity index (χ4n) is 3.36. The lowest BCUT2D eigenvalue weighted by molar-refractivity contribution is 0.172. The van der Waals surface area contributed by atoms with E-state index in [2.05, 4.69) is 35.2 Å². The molecular weight excluding hydrogens is 230 g/mol.